The van der Waals surface area contributed by atoms with Gasteiger partial charge in [0.1, 0.15) is 6.04 Å². The van der Waals surface area contributed by atoms with Crippen LogP contribution in [-0.2, 0) is 9.53 Å². The van der Waals surface area contributed by atoms with Crippen molar-refractivity contribution in [1.82, 2.24) is 15.1 Å². The third-order valence-electron chi connectivity index (χ3n) is 4.48. The number of aryl methyl sites for hydroxylation is 1. The smallest absolute Gasteiger partial charge is 0.323 e. The van der Waals surface area contributed by atoms with Crippen LogP contribution in [0.5, 0.6) is 0 Å². The summed E-state index contributed by atoms with van der Waals surface area (Å²) >= 11 is 0. The number of carbonyl (C=O) groups is 1. The molecule has 2 aliphatic heterocycles. The first-order chi connectivity index (χ1) is 10.1. The van der Waals surface area contributed by atoms with Gasteiger partial charge in [-0.2, -0.15) is 5.10 Å². The minimum atomic E-state index is -0.0842. The van der Waals surface area contributed by atoms with E-state index in [0.717, 1.165) is 43.9 Å². The van der Waals surface area contributed by atoms with Crippen molar-refractivity contribution in [2.24, 2.45) is 0 Å². The lowest BCUT2D eigenvalue weighted by atomic mass is 10.0. The first-order valence-corrected chi connectivity index (χ1v) is 7.59. The number of anilines is 1. The number of cyclic esters (lactones) is 1. The summed E-state index contributed by atoms with van der Waals surface area (Å²) in [6.45, 7) is 4.37. The quantitative estimate of drug-likeness (QED) is 0.774. The van der Waals surface area contributed by atoms with Crippen LogP contribution in [0.3, 0.4) is 0 Å². The number of ether oxygens (including phenoxy) is 1. The van der Waals surface area contributed by atoms with Gasteiger partial charge in [0, 0.05) is 25.6 Å². The highest BCUT2D eigenvalue weighted by molar-refractivity contribution is 5.77. The van der Waals surface area contributed by atoms with Crippen LogP contribution >= 0.6 is 0 Å². The fourth-order valence-corrected chi connectivity index (χ4v) is 3.17. The van der Waals surface area contributed by atoms with E-state index in [-0.39, 0.29) is 12.0 Å². The summed E-state index contributed by atoms with van der Waals surface area (Å²) in [6.07, 6.45) is 3.01. The predicted octanol–water partition coefficient (Wildman–Crippen LogP) is 1.00. The van der Waals surface area contributed by atoms with Crippen LogP contribution in [0.2, 0.25) is 0 Å². The van der Waals surface area contributed by atoms with Crippen molar-refractivity contribution in [2.75, 3.05) is 31.6 Å². The van der Waals surface area contributed by atoms with Crippen LogP contribution < -0.4 is 4.90 Å². The average molecular weight is 290 g/mol. The first kappa shape index (κ1) is 14.3. The third-order valence-corrected chi connectivity index (χ3v) is 4.48. The molecule has 0 aliphatic carbocycles. The van der Waals surface area contributed by atoms with Crippen LogP contribution in [0.1, 0.15) is 25.0 Å². The molecule has 0 amide bonds. The second-order valence-corrected chi connectivity index (χ2v) is 5.91. The number of hydrogen-bond donors (Lipinski definition) is 0. The van der Waals surface area contributed by atoms with Crippen molar-refractivity contribution in [3.8, 4) is 0 Å². The number of carbonyl (C=O) groups excluding carboxylic acids is 1. The molecule has 3 rings (SSSR count). The van der Waals surface area contributed by atoms with Crippen molar-refractivity contribution >= 4 is 11.8 Å². The van der Waals surface area contributed by atoms with Gasteiger partial charge in [0.05, 0.1) is 12.3 Å². The van der Waals surface area contributed by atoms with E-state index in [1.54, 1.807) is 0 Å². The number of rotatable bonds is 3. The maximum absolute atomic E-state index is 11.7. The Balaban J connectivity index is 1.67. The molecular formula is C15H22N4O2. The topological polar surface area (TPSA) is 58.6 Å². The molecule has 3 heterocycles. The van der Waals surface area contributed by atoms with Crippen molar-refractivity contribution < 1.29 is 9.53 Å². The number of likely N-dealkylation sites (N-methyl/N-ethyl adjacent to an activating group) is 1. The Hall–Kier alpha value is -1.69. The van der Waals surface area contributed by atoms with Gasteiger partial charge in [-0.05, 0) is 38.9 Å². The van der Waals surface area contributed by atoms with Gasteiger partial charge in [-0.15, -0.1) is 5.10 Å². The molecule has 1 aromatic rings. The fraction of sp³-hybridized carbons (Fsp3) is 0.667. The summed E-state index contributed by atoms with van der Waals surface area (Å²) in [4.78, 5) is 16.2. The van der Waals surface area contributed by atoms with Crippen LogP contribution in [0, 0.1) is 6.92 Å². The van der Waals surface area contributed by atoms with Gasteiger partial charge in [0.25, 0.3) is 0 Å². The van der Waals surface area contributed by atoms with Gasteiger partial charge < -0.3 is 9.64 Å². The molecule has 0 N–H and O–H groups in total. The van der Waals surface area contributed by atoms with E-state index in [4.69, 9.17) is 4.74 Å². The highest BCUT2D eigenvalue weighted by Crippen LogP contribution is 2.23. The van der Waals surface area contributed by atoms with Crippen LogP contribution in [0.25, 0.3) is 0 Å². The summed E-state index contributed by atoms with van der Waals surface area (Å²) in [5, 5.41) is 8.41. The molecule has 2 saturated heterocycles. The van der Waals surface area contributed by atoms with Crippen molar-refractivity contribution in [3.63, 3.8) is 0 Å². The SMILES string of the molecule is Cc1ccc(N2CCCC(N(C)C3CCOC3=O)C2)nn1. The van der Waals surface area contributed by atoms with E-state index in [1.807, 2.05) is 26.1 Å². The molecule has 0 aromatic carbocycles. The molecular weight excluding hydrogens is 268 g/mol. The van der Waals surface area contributed by atoms with Crippen LogP contribution in [0.4, 0.5) is 5.82 Å². The summed E-state index contributed by atoms with van der Waals surface area (Å²) in [7, 11) is 2.03. The first-order valence-electron chi connectivity index (χ1n) is 7.59. The Morgan fingerprint density at radius 1 is 1.33 bits per heavy atom. The molecule has 0 radical (unpaired) electrons. The summed E-state index contributed by atoms with van der Waals surface area (Å²) in [5.74, 6) is 0.845. The van der Waals surface area contributed by atoms with Gasteiger partial charge in [0.2, 0.25) is 0 Å². The monoisotopic (exact) mass is 290 g/mol. The third kappa shape index (κ3) is 3.00. The molecule has 6 heteroatoms. The van der Waals surface area contributed by atoms with Gasteiger partial charge >= 0.3 is 5.97 Å². The maximum Gasteiger partial charge on any atom is 0.323 e. The Labute approximate surface area is 125 Å². The zero-order valence-electron chi connectivity index (χ0n) is 12.7. The number of nitrogens with zero attached hydrogens (tertiary/aromatic N) is 4. The number of hydrogen-bond acceptors (Lipinski definition) is 6. The Morgan fingerprint density at radius 3 is 2.86 bits per heavy atom. The highest BCUT2D eigenvalue weighted by Gasteiger charge is 2.35. The minimum Gasteiger partial charge on any atom is -0.464 e. The Kier molecular flexibility index (Phi) is 4.05. The molecule has 2 fully saturated rings. The van der Waals surface area contributed by atoms with Gasteiger partial charge in [-0.25, -0.2) is 0 Å². The van der Waals surface area contributed by atoms with Gasteiger partial charge in [-0.1, -0.05) is 0 Å². The Morgan fingerprint density at radius 2 is 2.19 bits per heavy atom. The molecule has 2 unspecified atom stereocenters. The van der Waals surface area contributed by atoms with Gasteiger partial charge in [0.15, 0.2) is 5.82 Å². The number of esters is 1. The lowest BCUT2D eigenvalue weighted by Gasteiger charge is -2.39. The van der Waals surface area contributed by atoms with Crippen molar-refractivity contribution in [1.29, 1.82) is 0 Å². The van der Waals surface area contributed by atoms with Crippen LogP contribution in [0.15, 0.2) is 12.1 Å². The van der Waals surface area contributed by atoms with E-state index < -0.39 is 0 Å². The van der Waals surface area contributed by atoms with Crippen molar-refractivity contribution in [2.45, 2.75) is 38.3 Å². The maximum atomic E-state index is 11.7. The molecule has 114 valence electrons. The van der Waals surface area contributed by atoms with E-state index >= 15 is 0 Å². The average Bonchev–Trinajstić information content (AvgIpc) is 2.93. The summed E-state index contributed by atoms with van der Waals surface area (Å²) in [5.41, 5.74) is 0.929. The molecule has 0 spiro atoms. The zero-order valence-corrected chi connectivity index (χ0v) is 12.7. The molecule has 0 saturated carbocycles. The minimum absolute atomic E-state index is 0.0789. The normalized spacial score (nSPS) is 26.2. The standard InChI is InChI=1S/C15H22N4O2/c1-11-5-6-14(17-16-11)19-8-3-4-12(10-19)18(2)13-7-9-21-15(13)20/h5-6,12-13H,3-4,7-10H2,1-2H3. The lowest BCUT2D eigenvalue weighted by molar-refractivity contribution is -0.142. The highest BCUT2D eigenvalue weighted by atomic mass is 16.5. The summed E-state index contributed by atoms with van der Waals surface area (Å²) < 4.78 is 5.09. The number of aromatic nitrogens is 2. The molecule has 21 heavy (non-hydrogen) atoms. The van der Waals surface area contributed by atoms with Crippen LogP contribution in [-0.4, -0.2) is 59.9 Å². The van der Waals surface area contributed by atoms with E-state index in [1.165, 1.54) is 0 Å². The zero-order chi connectivity index (χ0) is 14.8. The fourth-order valence-electron chi connectivity index (χ4n) is 3.17. The molecule has 6 nitrogen and oxygen atoms in total. The molecule has 0 bridgehead atoms. The molecule has 1 aromatic heterocycles. The molecule has 2 aliphatic rings. The Bertz CT molecular complexity index is 505. The lowest BCUT2D eigenvalue weighted by Crippen LogP contribution is -2.51. The van der Waals surface area contributed by atoms with E-state index in [0.29, 0.717) is 12.6 Å². The second kappa shape index (κ2) is 5.97. The second-order valence-electron chi connectivity index (χ2n) is 5.91. The largest absolute Gasteiger partial charge is 0.464 e. The predicted molar refractivity (Wildman–Crippen MR) is 79.1 cm³/mol. The number of piperidine rings is 1. The van der Waals surface area contributed by atoms with E-state index in [2.05, 4.69) is 20.0 Å². The van der Waals surface area contributed by atoms with Crippen molar-refractivity contribution in [3.05, 3.63) is 17.8 Å². The summed E-state index contributed by atoms with van der Waals surface area (Å²) in [6, 6.07) is 4.29. The van der Waals surface area contributed by atoms with Gasteiger partial charge in [-0.3, -0.25) is 9.69 Å². The van der Waals surface area contributed by atoms with E-state index in [9.17, 15) is 4.79 Å². The molecule has 2 atom stereocenters.